The molecule has 0 atom stereocenters. The van der Waals surface area contributed by atoms with E-state index in [9.17, 15) is 0 Å². The van der Waals surface area contributed by atoms with Crippen molar-refractivity contribution in [3.05, 3.63) is 35.4 Å². The second-order valence-corrected chi connectivity index (χ2v) is 6.82. The molecule has 0 spiro atoms. The molecule has 1 aromatic carbocycles. The van der Waals surface area contributed by atoms with Gasteiger partial charge in [-0.3, -0.25) is 0 Å². The van der Waals surface area contributed by atoms with E-state index in [1.165, 1.54) is 49.9 Å². The fourth-order valence-electron chi connectivity index (χ4n) is 3.19. The lowest BCUT2D eigenvalue weighted by Crippen LogP contribution is -2.43. The summed E-state index contributed by atoms with van der Waals surface area (Å²) in [6.45, 7) is 8.12. The Morgan fingerprint density at radius 1 is 1.05 bits per heavy atom. The molecular weight excluding hydrogens is 244 g/mol. The summed E-state index contributed by atoms with van der Waals surface area (Å²) in [5, 5.41) is 3.74. The maximum atomic E-state index is 3.74. The van der Waals surface area contributed by atoms with Crippen LogP contribution in [0.15, 0.2) is 24.3 Å². The predicted molar refractivity (Wildman–Crippen MR) is 85.0 cm³/mol. The van der Waals surface area contributed by atoms with Crippen molar-refractivity contribution in [2.24, 2.45) is 0 Å². The number of benzene rings is 1. The third-order valence-corrected chi connectivity index (χ3v) is 4.83. The van der Waals surface area contributed by atoms with Crippen LogP contribution in [0.4, 0.5) is 0 Å². The van der Waals surface area contributed by atoms with Crippen LogP contribution in [0.5, 0.6) is 0 Å². The monoisotopic (exact) mass is 272 g/mol. The van der Waals surface area contributed by atoms with Crippen molar-refractivity contribution in [1.29, 1.82) is 0 Å². The quantitative estimate of drug-likeness (QED) is 0.882. The van der Waals surface area contributed by atoms with Crippen LogP contribution < -0.4 is 5.32 Å². The molecule has 1 heterocycles. The molecule has 20 heavy (non-hydrogen) atoms. The standard InChI is InChI=1S/C18H28N2/c1-14(2)16-5-3-15(4-6-16)13-19-17-9-11-20(12-10-17)18-7-8-18/h3-6,14,17-19H,7-13H2,1-2H3. The first-order chi connectivity index (χ1) is 9.72. The summed E-state index contributed by atoms with van der Waals surface area (Å²) in [4.78, 5) is 2.69. The van der Waals surface area contributed by atoms with Crippen molar-refractivity contribution in [2.75, 3.05) is 13.1 Å². The summed E-state index contributed by atoms with van der Waals surface area (Å²) in [5.41, 5.74) is 2.85. The molecule has 2 aliphatic rings. The van der Waals surface area contributed by atoms with Crippen LogP contribution in [0.3, 0.4) is 0 Å². The summed E-state index contributed by atoms with van der Waals surface area (Å²) in [6.07, 6.45) is 5.53. The molecular formula is C18H28N2. The summed E-state index contributed by atoms with van der Waals surface area (Å²) >= 11 is 0. The van der Waals surface area contributed by atoms with Crippen molar-refractivity contribution in [2.45, 2.75) is 64.1 Å². The molecule has 1 saturated carbocycles. The Balaban J connectivity index is 1.42. The molecule has 2 nitrogen and oxygen atoms in total. The highest BCUT2D eigenvalue weighted by Gasteiger charge is 2.31. The molecule has 0 radical (unpaired) electrons. The first-order valence-electron chi connectivity index (χ1n) is 8.28. The van der Waals surface area contributed by atoms with Gasteiger partial charge in [-0.25, -0.2) is 0 Å². The molecule has 0 aromatic heterocycles. The Morgan fingerprint density at radius 2 is 1.70 bits per heavy atom. The zero-order chi connectivity index (χ0) is 13.9. The largest absolute Gasteiger partial charge is 0.310 e. The fraction of sp³-hybridized carbons (Fsp3) is 0.667. The van der Waals surface area contributed by atoms with Gasteiger partial charge in [0.15, 0.2) is 0 Å². The maximum absolute atomic E-state index is 3.74. The summed E-state index contributed by atoms with van der Waals surface area (Å²) < 4.78 is 0. The topological polar surface area (TPSA) is 15.3 Å². The number of hydrogen-bond donors (Lipinski definition) is 1. The van der Waals surface area contributed by atoms with Gasteiger partial charge in [-0.15, -0.1) is 0 Å². The van der Waals surface area contributed by atoms with Crippen LogP contribution in [0.2, 0.25) is 0 Å². The van der Waals surface area contributed by atoms with Crippen molar-refractivity contribution in [3.63, 3.8) is 0 Å². The molecule has 1 N–H and O–H groups in total. The zero-order valence-electron chi connectivity index (χ0n) is 12.9. The minimum Gasteiger partial charge on any atom is -0.310 e. The van der Waals surface area contributed by atoms with Gasteiger partial charge in [-0.1, -0.05) is 38.1 Å². The van der Waals surface area contributed by atoms with E-state index in [2.05, 4.69) is 48.3 Å². The highest BCUT2D eigenvalue weighted by molar-refractivity contribution is 5.24. The van der Waals surface area contributed by atoms with Crippen molar-refractivity contribution in [3.8, 4) is 0 Å². The van der Waals surface area contributed by atoms with Gasteiger partial charge < -0.3 is 10.2 Å². The summed E-state index contributed by atoms with van der Waals surface area (Å²) in [5.74, 6) is 0.628. The Hall–Kier alpha value is -0.860. The second kappa shape index (κ2) is 6.28. The lowest BCUT2D eigenvalue weighted by atomic mass is 10.0. The highest BCUT2D eigenvalue weighted by Crippen LogP contribution is 2.29. The van der Waals surface area contributed by atoms with E-state index in [0.717, 1.165) is 18.6 Å². The van der Waals surface area contributed by atoms with Gasteiger partial charge >= 0.3 is 0 Å². The van der Waals surface area contributed by atoms with Gasteiger partial charge in [0.25, 0.3) is 0 Å². The van der Waals surface area contributed by atoms with E-state index in [0.29, 0.717) is 5.92 Å². The number of likely N-dealkylation sites (tertiary alicyclic amines) is 1. The van der Waals surface area contributed by atoms with Gasteiger partial charge in [-0.2, -0.15) is 0 Å². The average molecular weight is 272 g/mol. The van der Waals surface area contributed by atoms with Crippen LogP contribution >= 0.6 is 0 Å². The SMILES string of the molecule is CC(C)c1ccc(CNC2CCN(C3CC3)CC2)cc1. The van der Waals surface area contributed by atoms with E-state index < -0.39 is 0 Å². The Labute approximate surface area is 123 Å². The number of hydrogen-bond acceptors (Lipinski definition) is 2. The van der Waals surface area contributed by atoms with Gasteiger partial charge in [0.2, 0.25) is 0 Å². The van der Waals surface area contributed by atoms with Crippen molar-refractivity contribution < 1.29 is 0 Å². The second-order valence-electron chi connectivity index (χ2n) is 6.82. The molecule has 2 fully saturated rings. The molecule has 0 bridgehead atoms. The smallest absolute Gasteiger partial charge is 0.0208 e. The average Bonchev–Trinajstić information content (AvgIpc) is 3.31. The van der Waals surface area contributed by atoms with Crippen LogP contribution in [-0.2, 0) is 6.54 Å². The number of nitrogens with one attached hydrogen (secondary N) is 1. The third kappa shape index (κ3) is 3.62. The van der Waals surface area contributed by atoms with E-state index in [4.69, 9.17) is 0 Å². The summed E-state index contributed by atoms with van der Waals surface area (Å²) in [6, 6.07) is 10.8. The molecule has 0 unspecified atom stereocenters. The normalized spacial score (nSPS) is 21.6. The minimum absolute atomic E-state index is 0.628. The van der Waals surface area contributed by atoms with E-state index in [1.54, 1.807) is 0 Å². The fourth-order valence-corrected chi connectivity index (χ4v) is 3.19. The van der Waals surface area contributed by atoms with E-state index in [-0.39, 0.29) is 0 Å². The van der Waals surface area contributed by atoms with E-state index >= 15 is 0 Å². The Kier molecular flexibility index (Phi) is 4.42. The number of piperidine rings is 1. The number of rotatable bonds is 5. The lowest BCUT2D eigenvalue weighted by molar-refractivity contribution is 0.189. The lowest BCUT2D eigenvalue weighted by Gasteiger charge is -2.32. The molecule has 2 heteroatoms. The molecule has 3 rings (SSSR count). The van der Waals surface area contributed by atoms with Gasteiger partial charge in [-0.05, 0) is 55.8 Å². The van der Waals surface area contributed by atoms with Crippen LogP contribution in [0.25, 0.3) is 0 Å². The maximum Gasteiger partial charge on any atom is 0.0208 e. The molecule has 110 valence electrons. The van der Waals surface area contributed by atoms with Gasteiger partial charge in [0, 0.05) is 18.6 Å². The predicted octanol–water partition coefficient (Wildman–Crippen LogP) is 3.53. The molecule has 1 aromatic rings. The van der Waals surface area contributed by atoms with Crippen molar-refractivity contribution in [1.82, 2.24) is 10.2 Å². The number of nitrogens with zero attached hydrogens (tertiary/aromatic N) is 1. The minimum atomic E-state index is 0.628. The first-order valence-corrected chi connectivity index (χ1v) is 8.28. The van der Waals surface area contributed by atoms with Gasteiger partial charge in [0.05, 0.1) is 0 Å². The zero-order valence-corrected chi connectivity index (χ0v) is 12.9. The Bertz CT molecular complexity index is 412. The van der Waals surface area contributed by atoms with Gasteiger partial charge in [0.1, 0.15) is 0 Å². The molecule has 0 amide bonds. The third-order valence-electron chi connectivity index (χ3n) is 4.83. The van der Waals surface area contributed by atoms with Crippen molar-refractivity contribution >= 4 is 0 Å². The van der Waals surface area contributed by atoms with E-state index in [1.807, 2.05) is 0 Å². The molecule has 1 saturated heterocycles. The highest BCUT2D eigenvalue weighted by atomic mass is 15.2. The van der Waals surface area contributed by atoms with Crippen LogP contribution in [0, 0.1) is 0 Å². The molecule has 1 aliphatic carbocycles. The molecule has 1 aliphatic heterocycles. The van der Waals surface area contributed by atoms with Crippen LogP contribution in [0.1, 0.15) is 56.6 Å². The summed E-state index contributed by atoms with van der Waals surface area (Å²) in [7, 11) is 0. The Morgan fingerprint density at radius 3 is 2.25 bits per heavy atom. The first kappa shape index (κ1) is 14.1. The van der Waals surface area contributed by atoms with Crippen LogP contribution in [-0.4, -0.2) is 30.1 Å².